The summed E-state index contributed by atoms with van der Waals surface area (Å²) in [5, 5.41) is -0.495. The van der Waals surface area contributed by atoms with Gasteiger partial charge in [-0.25, -0.2) is 0 Å². The molecule has 0 saturated carbocycles. The average Bonchev–Trinajstić information content (AvgIpc) is 2.58. The highest BCUT2D eigenvalue weighted by Gasteiger charge is 2.42. The van der Waals surface area contributed by atoms with Crippen LogP contribution < -0.4 is 0 Å². The van der Waals surface area contributed by atoms with Crippen molar-refractivity contribution in [2.75, 3.05) is 0 Å². The summed E-state index contributed by atoms with van der Waals surface area (Å²) in [6.45, 7) is 0. The number of alkyl halides is 8. The maximum absolute atomic E-state index is 13.7. The Labute approximate surface area is 189 Å². The van der Waals surface area contributed by atoms with Gasteiger partial charge in [-0.3, -0.25) is 4.79 Å². The highest BCUT2D eigenvalue weighted by atomic mass is 79.9. The molecule has 0 amide bonds. The van der Waals surface area contributed by atoms with Gasteiger partial charge in [0.1, 0.15) is 0 Å². The number of carbonyl (C=O) groups is 1. The van der Waals surface area contributed by atoms with Gasteiger partial charge in [0.15, 0.2) is 5.78 Å². The second kappa shape index (κ2) is 8.77. The second-order valence-electron chi connectivity index (χ2n) is 5.49. The molecule has 0 aromatic heterocycles. The van der Waals surface area contributed by atoms with Gasteiger partial charge in [0.2, 0.25) is 0 Å². The number of ketones is 1. The van der Waals surface area contributed by atoms with Gasteiger partial charge in [-0.2, -0.15) is 26.3 Å². The first kappa shape index (κ1) is 23.9. The van der Waals surface area contributed by atoms with E-state index in [1.807, 2.05) is 0 Å². The lowest BCUT2D eigenvalue weighted by atomic mass is 9.90. The largest absolute Gasteiger partial charge is 0.417 e. The Balaban J connectivity index is 2.86. The van der Waals surface area contributed by atoms with Gasteiger partial charge < -0.3 is 0 Å². The smallest absolute Gasteiger partial charge is 0.289 e. The first-order chi connectivity index (χ1) is 12.8. The van der Waals surface area contributed by atoms with Gasteiger partial charge in [0, 0.05) is 30.7 Å². The molecule has 1 nitrogen and oxygen atoms in total. The summed E-state index contributed by atoms with van der Waals surface area (Å²) >= 11 is 11.8. The molecule has 2 rings (SSSR count). The Morgan fingerprint density at radius 3 is 1.29 bits per heavy atom. The van der Waals surface area contributed by atoms with E-state index in [-0.39, 0.29) is 30.7 Å². The maximum Gasteiger partial charge on any atom is 0.417 e. The topological polar surface area (TPSA) is 17.1 Å². The number of halogens is 10. The van der Waals surface area contributed by atoms with Crippen molar-refractivity contribution in [3.8, 4) is 0 Å². The third-order valence-corrected chi connectivity index (χ3v) is 6.44. The van der Waals surface area contributed by atoms with E-state index in [0.29, 0.717) is 0 Å². The molecule has 152 valence electrons. The highest BCUT2D eigenvalue weighted by Crippen LogP contribution is 2.43. The van der Waals surface area contributed by atoms with Crippen molar-refractivity contribution in [2.24, 2.45) is 0 Å². The second-order valence-corrected chi connectivity index (χ2v) is 8.32. The highest BCUT2D eigenvalue weighted by molar-refractivity contribution is 9.11. The van der Waals surface area contributed by atoms with Crippen LogP contribution in [-0.4, -0.2) is 5.78 Å². The zero-order valence-corrected chi connectivity index (χ0v) is 19.8. The van der Waals surface area contributed by atoms with Crippen molar-refractivity contribution < 1.29 is 31.1 Å². The third kappa shape index (κ3) is 4.67. The van der Waals surface area contributed by atoms with Crippen LogP contribution in [0, 0.1) is 0 Å². The molecule has 0 aliphatic rings. The van der Waals surface area contributed by atoms with Gasteiger partial charge in [-0.15, -0.1) is 0 Å². The number of carbonyl (C=O) groups excluding carboxylic acids is 1. The molecule has 28 heavy (non-hydrogen) atoms. The van der Waals surface area contributed by atoms with Gasteiger partial charge in [-0.1, -0.05) is 63.7 Å². The van der Waals surface area contributed by atoms with Gasteiger partial charge in [-0.05, 0) is 35.4 Å². The minimum absolute atomic E-state index is 0.0845. The summed E-state index contributed by atoms with van der Waals surface area (Å²) < 4.78 is 82.2. The Kier molecular flexibility index (Phi) is 7.48. The molecule has 0 fully saturated rings. The van der Waals surface area contributed by atoms with E-state index in [9.17, 15) is 31.1 Å². The quantitative estimate of drug-likeness (QED) is 0.183. The van der Waals surface area contributed by atoms with E-state index < -0.39 is 40.4 Å². The van der Waals surface area contributed by atoms with Gasteiger partial charge in [0.05, 0.1) is 11.1 Å². The summed E-state index contributed by atoms with van der Waals surface area (Å²) in [5.41, 5.74) is -4.80. The van der Waals surface area contributed by atoms with E-state index in [4.69, 9.17) is 0 Å². The van der Waals surface area contributed by atoms with Crippen LogP contribution in [0.3, 0.4) is 0 Å². The fourth-order valence-corrected chi connectivity index (χ4v) is 5.54. The molecule has 0 spiro atoms. The standard InChI is InChI=1S/C17H8Br4F6O/c18-5-9-11(20)3-1-7(13(9)16(22,23)24)15(28)8-2-4-12(21)10(6-19)14(8)17(25,26)27/h1-4H,5-6H2. The molecule has 2 aromatic carbocycles. The van der Waals surface area contributed by atoms with Gasteiger partial charge >= 0.3 is 12.4 Å². The molecule has 0 N–H and O–H groups in total. The Hall–Kier alpha value is -0.390. The minimum Gasteiger partial charge on any atom is -0.289 e. The Morgan fingerprint density at radius 1 is 0.714 bits per heavy atom. The van der Waals surface area contributed by atoms with Crippen LogP contribution in [0.1, 0.15) is 38.2 Å². The molecule has 0 aliphatic carbocycles. The van der Waals surface area contributed by atoms with Crippen LogP contribution >= 0.6 is 63.7 Å². The SMILES string of the molecule is O=C(c1ccc(Br)c(CBr)c1C(F)(F)F)c1ccc(Br)c(CBr)c1C(F)(F)F. The molecule has 0 aliphatic heterocycles. The fraction of sp³-hybridized carbons (Fsp3) is 0.235. The molecule has 0 saturated heterocycles. The van der Waals surface area contributed by atoms with Crippen LogP contribution in [0.2, 0.25) is 0 Å². The number of rotatable bonds is 4. The first-order valence-electron chi connectivity index (χ1n) is 7.28. The molecule has 0 heterocycles. The molecule has 0 atom stereocenters. The lowest BCUT2D eigenvalue weighted by molar-refractivity contribution is -0.138. The van der Waals surface area contributed by atoms with Crippen LogP contribution in [0.5, 0.6) is 0 Å². The summed E-state index contributed by atoms with van der Waals surface area (Å²) in [7, 11) is 0. The number of benzene rings is 2. The Bertz CT molecular complexity index is 848. The fourth-order valence-electron chi connectivity index (χ4n) is 2.68. The van der Waals surface area contributed by atoms with E-state index >= 15 is 0 Å². The molecular weight excluding hydrogens is 654 g/mol. The van der Waals surface area contributed by atoms with E-state index in [0.717, 1.165) is 12.1 Å². The Morgan fingerprint density at radius 2 is 1.04 bits per heavy atom. The third-order valence-electron chi connectivity index (χ3n) is 3.83. The maximum atomic E-state index is 13.7. The van der Waals surface area contributed by atoms with Crippen molar-refractivity contribution in [2.45, 2.75) is 23.0 Å². The monoisotopic (exact) mass is 658 g/mol. The van der Waals surface area contributed by atoms with Crippen LogP contribution in [0.4, 0.5) is 26.3 Å². The van der Waals surface area contributed by atoms with Crippen molar-refractivity contribution >= 4 is 69.5 Å². The molecule has 0 unspecified atom stereocenters. The summed E-state index contributed by atoms with van der Waals surface area (Å²) in [6.07, 6.45) is -9.88. The summed E-state index contributed by atoms with van der Waals surface area (Å²) in [6, 6.07) is 4.15. The summed E-state index contributed by atoms with van der Waals surface area (Å²) in [4.78, 5) is 12.9. The normalized spacial score (nSPS) is 12.4. The molecule has 2 aromatic rings. The zero-order valence-electron chi connectivity index (χ0n) is 13.4. The molecule has 0 bridgehead atoms. The van der Waals surface area contributed by atoms with E-state index in [1.165, 1.54) is 12.1 Å². The lowest BCUT2D eigenvalue weighted by Gasteiger charge is -2.20. The van der Waals surface area contributed by atoms with Gasteiger partial charge in [0.25, 0.3) is 0 Å². The van der Waals surface area contributed by atoms with Crippen LogP contribution in [0.25, 0.3) is 0 Å². The van der Waals surface area contributed by atoms with Crippen molar-refractivity contribution in [1.82, 2.24) is 0 Å². The van der Waals surface area contributed by atoms with E-state index in [2.05, 4.69) is 63.7 Å². The van der Waals surface area contributed by atoms with Crippen molar-refractivity contribution in [1.29, 1.82) is 0 Å². The predicted molar refractivity (Wildman–Crippen MR) is 107 cm³/mol. The minimum atomic E-state index is -4.94. The van der Waals surface area contributed by atoms with Crippen molar-refractivity contribution in [3.05, 3.63) is 66.6 Å². The number of hydrogen-bond acceptors (Lipinski definition) is 1. The molecular formula is C17H8Br4F6O. The number of hydrogen-bond donors (Lipinski definition) is 0. The van der Waals surface area contributed by atoms with Crippen molar-refractivity contribution in [3.63, 3.8) is 0 Å². The lowest BCUT2D eigenvalue weighted by Crippen LogP contribution is -2.21. The summed E-state index contributed by atoms with van der Waals surface area (Å²) in [5.74, 6) is -1.36. The predicted octanol–water partition coefficient (Wildman–Crippen LogP) is 8.27. The first-order valence-corrected chi connectivity index (χ1v) is 11.1. The average molecular weight is 662 g/mol. The molecule has 0 radical (unpaired) electrons. The van der Waals surface area contributed by atoms with E-state index in [1.54, 1.807) is 0 Å². The van der Waals surface area contributed by atoms with Crippen LogP contribution in [0.15, 0.2) is 33.2 Å². The van der Waals surface area contributed by atoms with Crippen LogP contribution in [-0.2, 0) is 23.0 Å². The molecule has 11 heteroatoms. The zero-order chi connectivity index (χ0) is 21.4.